The molecule has 0 aromatic heterocycles. The van der Waals surface area contributed by atoms with Gasteiger partial charge in [-0.1, -0.05) is 0 Å². The van der Waals surface area contributed by atoms with E-state index in [2.05, 4.69) is 0 Å². The zero-order valence-electron chi connectivity index (χ0n) is 11.2. The van der Waals surface area contributed by atoms with Crippen LogP contribution in [0, 0.1) is 11.8 Å². The van der Waals surface area contributed by atoms with Gasteiger partial charge in [-0.05, 0) is 11.8 Å². The summed E-state index contributed by atoms with van der Waals surface area (Å²) in [4.78, 5) is 32.1. The maximum absolute atomic E-state index is 10.7. The number of allylic oxidation sites excluding steroid dienone is 2. The number of aliphatic hydroxyl groups is 3. The van der Waals surface area contributed by atoms with Gasteiger partial charge in [0.2, 0.25) is 0 Å². The van der Waals surface area contributed by atoms with Gasteiger partial charge in [-0.25, -0.2) is 0 Å². The molecule has 0 saturated heterocycles. The highest BCUT2D eigenvalue weighted by molar-refractivity contribution is 6.01. The van der Waals surface area contributed by atoms with Crippen LogP contribution in [-0.2, 0) is 14.4 Å². The Morgan fingerprint density at radius 3 is 1.85 bits per heavy atom. The van der Waals surface area contributed by atoms with E-state index in [1.165, 1.54) is 6.08 Å². The molecule has 0 aromatic carbocycles. The van der Waals surface area contributed by atoms with Crippen molar-refractivity contribution in [1.82, 2.24) is 0 Å². The fraction of sp³-hybridized carbons (Fsp3) is 0.643. The van der Waals surface area contributed by atoms with E-state index in [-0.39, 0.29) is 54.6 Å². The van der Waals surface area contributed by atoms with E-state index >= 15 is 0 Å². The second-order valence-electron chi connectivity index (χ2n) is 5.27. The highest BCUT2D eigenvalue weighted by atomic mass is 16.3. The average Bonchev–Trinajstić information content (AvgIpc) is 2.37. The average molecular weight is 284 g/mol. The van der Waals surface area contributed by atoms with Crippen LogP contribution in [-0.4, -0.2) is 45.9 Å². The highest BCUT2D eigenvalue weighted by Crippen LogP contribution is 2.19. The van der Waals surface area contributed by atoms with Crippen molar-refractivity contribution in [3.63, 3.8) is 0 Å². The SMILES string of the molecule is O=C1C=C(O)CC(CO)C1.O=C1CC(=O)CC(CO)C1. The minimum absolute atomic E-state index is 0.0242. The lowest BCUT2D eigenvalue weighted by Gasteiger charge is -2.16. The Hall–Kier alpha value is -1.53. The van der Waals surface area contributed by atoms with Crippen molar-refractivity contribution in [1.29, 1.82) is 0 Å². The summed E-state index contributed by atoms with van der Waals surface area (Å²) in [6.45, 7) is -0.0683. The Morgan fingerprint density at radius 2 is 1.40 bits per heavy atom. The molecule has 20 heavy (non-hydrogen) atoms. The second kappa shape index (κ2) is 7.91. The molecule has 0 aliphatic heterocycles. The van der Waals surface area contributed by atoms with Gasteiger partial charge in [0.05, 0.1) is 12.2 Å². The topological polar surface area (TPSA) is 112 Å². The summed E-state index contributed by atoms with van der Waals surface area (Å²) in [5, 5.41) is 26.2. The van der Waals surface area contributed by atoms with Crippen molar-refractivity contribution in [3.8, 4) is 0 Å². The van der Waals surface area contributed by atoms with Crippen LogP contribution >= 0.6 is 0 Å². The van der Waals surface area contributed by atoms with Crippen LogP contribution in [0.3, 0.4) is 0 Å². The molecule has 0 spiro atoms. The summed E-state index contributed by atoms with van der Waals surface area (Å²) in [6, 6.07) is 0. The fourth-order valence-corrected chi connectivity index (χ4v) is 2.29. The van der Waals surface area contributed by atoms with Gasteiger partial charge in [0, 0.05) is 45.0 Å². The van der Waals surface area contributed by atoms with Crippen LogP contribution in [0.15, 0.2) is 11.8 Å². The third kappa shape index (κ3) is 5.63. The predicted octanol–water partition coefficient (Wildman–Crippen LogP) is 0.317. The molecule has 0 radical (unpaired) electrons. The Balaban J connectivity index is 0.000000200. The van der Waals surface area contributed by atoms with Crippen LogP contribution in [0.25, 0.3) is 0 Å². The molecule has 2 aliphatic carbocycles. The Bertz CT molecular complexity index is 394. The minimum atomic E-state index is -0.103. The first-order valence-electron chi connectivity index (χ1n) is 6.62. The number of Topliss-reactive ketones (excluding diaryl/α,β-unsaturated/α-hetero) is 2. The molecule has 0 aromatic rings. The zero-order valence-corrected chi connectivity index (χ0v) is 11.2. The molecule has 6 nitrogen and oxygen atoms in total. The largest absolute Gasteiger partial charge is 0.512 e. The summed E-state index contributed by atoms with van der Waals surface area (Å²) < 4.78 is 0. The third-order valence-corrected chi connectivity index (χ3v) is 3.26. The predicted molar refractivity (Wildman–Crippen MR) is 70.0 cm³/mol. The Labute approximate surface area is 117 Å². The first-order valence-corrected chi connectivity index (χ1v) is 6.62. The van der Waals surface area contributed by atoms with E-state index in [0.717, 1.165) is 0 Å². The smallest absolute Gasteiger partial charge is 0.159 e. The van der Waals surface area contributed by atoms with E-state index in [9.17, 15) is 14.4 Å². The summed E-state index contributed by atoms with van der Waals surface area (Å²) in [5.74, 6) is -0.241. The van der Waals surface area contributed by atoms with Gasteiger partial charge in [-0.15, -0.1) is 0 Å². The van der Waals surface area contributed by atoms with Crippen molar-refractivity contribution in [2.24, 2.45) is 11.8 Å². The van der Waals surface area contributed by atoms with Crippen LogP contribution in [0.5, 0.6) is 0 Å². The molecule has 2 aliphatic rings. The van der Waals surface area contributed by atoms with Crippen molar-refractivity contribution in [2.75, 3.05) is 13.2 Å². The molecule has 0 amide bonds. The van der Waals surface area contributed by atoms with E-state index in [1.807, 2.05) is 0 Å². The molecular weight excluding hydrogens is 264 g/mol. The zero-order chi connectivity index (χ0) is 15.1. The number of aliphatic hydroxyl groups excluding tert-OH is 3. The monoisotopic (exact) mass is 284 g/mol. The number of ketones is 3. The van der Waals surface area contributed by atoms with Crippen LogP contribution in [0.1, 0.15) is 32.1 Å². The Morgan fingerprint density at radius 1 is 0.900 bits per heavy atom. The number of carbonyl (C=O) groups excluding carboxylic acids is 3. The molecule has 112 valence electrons. The van der Waals surface area contributed by atoms with Gasteiger partial charge >= 0.3 is 0 Å². The highest BCUT2D eigenvalue weighted by Gasteiger charge is 2.24. The standard InChI is InChI=1S/2C7H10O3/c2*8-4-5-1-6(9)3-7(10)2-5/h5,8H,1-4H2;3,5,8-9H,1-2,4H2. The van der Waals surface area contributed by atoms with E-state index in [0.29, 0.717) is 25.7 Å². The van der Waals surface area contributed by atoms with Gasteiger partial charge in [-0.3, -0.25) is 14.4 Å². The minimum Gasteiger partial charge on any atom is -0.512 e. The van der Waals surface area contributed by atoms with Gasteiger partial charge in [0.1, 0.15) is 11.6 Å². The van der Waals surface area contributed by atoms with Gasteiger partial charge in [0.25, 0.3) is 0 Å². The van der Waals surface area contributed by atoms with E-state index < -0.39 is 0 Å². The molecule has 3 N–H and O–H groups in total. The molecule has 6 heteroatoms. The first-order chi connectivity index (χ1) is 9.44. The summed E-state index contributed by atoms with van der Waals surface area (Å²) in [7, 11) is 0. The molecule has 1 unspecified atom stereocenters. The molecular formula is C14H20O6. The van der Waals surface area contributed by atoms with Crippen LogP contribution in [0.2, 0.25) is 0 Å². The van der Waals surface area contributed by atoms with Crippen molar-refractivity contribution < 1.29 is 29.7 Å². The number of carbonyl (C=O) groups is 3. The number of rotatable bonds is 2. The van der Waals surface area contributed by atoms with Gasteiger partial charge in [0.15, 0.2) is 5.78 Å². The van der Waals surface area contributed by atoms with Crippen LogP contribution < -0.4 is 0 Å². The summed E-state index contributed by atoms with van der Waals surface area (Å²) >= 11 is 0. The quantitative estimate of drug-likeness (QED) is 0.629. The number of hydrogen-bond acceptors (Lipinski definition) is 6. The lowest BCUT2D eigenvalue weighted by molar-refractivity contribution is -0.131. The summed E-state index contributed by atoms with van der Waals surface area (Å²) in [5.41, 5.74) is 0. The maximum Gasteiger partial charge on any atom is 0.159 e. The maximum atomic E-state index is 10.7. The molecule has 0 bridgehead atoms. The molecule has 1 atom stereocenters. The van der Waals surface area contributed by atoms with Gasteiger partial charge < -0.3 is 15.3 Å². The van der Waals surface area contributed by atoms with Gasteiger partial charge in [-0.2, -0.15) is 0 Å². The van der Waals surface area contributed by atoms with E-state index in [4.69, 9.17) is 15.3 Å². The third-order valence-electron chi connectivity index (χ3n) is 3.26. The Kier molecular flexibility index (Phi) is 6.54. The molecule has 0 heterocycles. The van der Waals surface area contributed by atoms with E-state index in [1.54, 1.807) is 0 Å². The van der Waals surface area contributed by atoms with Crippen LogP contribution in [0.4, 0.5) is 0 Å². The second-order valence-corrected chi connectivity index (χ2v) is 5.27. The first kappa shape index (κ1) is 16.5. The molecule has 1 saturated carbocycles. The molecule has 1 fully saturated rings. The fourth-order valence-electron chi connectivity index (χ4n) is 2.29. The summed E-state index contributed by atoms with van der Waals surface area (Å²) in [6.07, 6.45) is 2.86. The van der Waals surface area contributed by atoms with Crippen molar-refractivity contribution >= 4 is 17.3 Å². The lowest BCUT2D eigenvalue weighted by atomic mass is 9.88. The molecule has 2 rings (SSSR count). The van der Waals surface area contributed by atoms with Crippen molar-refractivity contribution in [3.05, 3.63) is 11.8 Å². The lowest BCUT2D eigenvalue weighted by Crippen LogP contribution is -2.24. The number of hydrogen-bond donors (Lipinski definition) is 3. The normalized spacial score (nSPS) is 24.0. The van der Waals surface area contributed by atoms with Crippen molar-refractivity contribution in [2.45, 2.75) is 32.1 Å².